The van der Waals surface area contributed by atoms with Gasteiger partial charge in [0, 0.05) is 17.4 Å². The fourth-order valence-corrected chi connectivity index (χ4v) is 3.10. The molecule has 25 heavy (non-hydrogen) atoms. The molecule has 2 aliphatic rings. The molecule has 2 fully saturated rings. The van der Waals surface area contributed by atoms with Crippen LogP contribution in [0, 0.1) is 23.2 Å². The Hall–Kier alpha value is -1.71. The molecular formula is C20H25NO4. The molecular weight excluding hydrogens is 318 g/mol. The second-order valence-electron chi connectivity index (χ2n) is 6.56. The second-order valence-corrected chi connectivity index (χ2v) is 6.56. The molecule has 2 heterocycles. The zero-order valence-corrected chi connectivity index (χ0v) is 14.6. The van der Waals surface area contributed by atoms with Crippen molar-refractivity contribution in [1.82, 2.24) is 0 Å². The Morgan fingerprint density at radius 3 is 2.28 bits per heavy atom. The van der Waals surface area contributed by atoms with Crippen LogP contribution in [0.1, 0.15) is 37.2 Å². The number of benzene rings is 1. The number of ether oxygens (including phenoxy) is 4. The summed E-state index contributed by atoms with van der Waals surface area (Å²) in [6, 6.07) is 9.45. The van der Waals surface area contributed by atoms with Crippen LogP contribution in [0.2, 0.25) is 0 Å². The molecule has 0 unspecified atom stereocenters. The molecule has 3 rings (SSSR count). The van der Waals surface area contributed by atoms with Gasteiger partial charge in [-0.05, 0) is 31.9 Å². The minimum absolute atomic E-state index is 0.113. The molecule has 0 radical (unpaired) electrons. The summed E-state index contributed by atoms with van der Waals surface area (Å²) in [5.74, 6) is 0.728. The van der Waals surface area contributed by atoms with E-state index in [9.17, 15) is 0 Å². The zero-order valence-electron chi connectivity index (χ0n) is 14.6. The van der Waals surface area contributed by atoms with Crippen LogP contribution in [-0.4, -0.2) is 32.7 Å². The number of nitrogens with zero attached hydrogens (tertiary/aromatic N) is 1. The van der Waals surface area contributed by atoms with Crippen LogP contribution in [0.5, 0.6) is 0 Å². The van der Waals surface area contributed by atoms with E-state index in [2.05, 4.69) is 12.1 Å². The molecule has 0 saturated carbocycles. The van der Waals surface area contributed by atoms with Crippen LogP contribution >= 0.6 is 0 Å². The van der Waals surface area contributed by atoms with Gasteiger partial charge in [-0.3, -0.25) is 0 Å². The van der Waals surface area contributed by atoms with Gasteiger partial charge in [-0.2, -0.15) is 5.26 Å². The summed E-state index contributed by atoms with van der Waals surface area (Å²) >= 11 is 0. The van der Waals surface area contributed by atoms with E-state index in [1.807, 2.05) is 25.1 Å². The van der Waals surface area contributed by atoms with Crippen molar-refractivity contribution in [3.63, 3.8) is 0 Å². The van der Waals surface area contributed by atoms with E-state index in [4.69, 9.17) is 24.2 Å². The lowest BCUT2D eigenvalue weighted by Crippen LogP contribution is -2.33. The predicted octanol–water partition coefficient (Wildman–Crippen LogP) is 3.57. The topological polar surface area (TPSA) is 60.7 Å². The van der Waals surface area contributed by atoms with Crippen LogP contribution in [-0.2, 0) is 18.9 Å². The number of hydrogen-bond donors (Lipinski definition) is 0. The highest BCUT2D eigenvalue weighted by Gasteiger charge is 2.26. The van der Waals surface area contributed by atoms with E-state index in [0.717, 1.165) is 31.6 Å². The fraction of sp³-hybridized carbons (Fsp3) is 0.550. The van der Waals surface area contributed by atoms with Crippen molar-refractivity contribution in [2.24, 2.45) is 11.8 Å². The Bertz CT molecular complexity index is 591. The lowest BCUT2D eigenvalue weighted by Gasteiger charge is -2.32. The molecule has 0 aromatic heterocycles. The molecule has 2 aliphatic heterocycles. The maximum atomic E-state index is 8.85. The van der Waals surface area contributed by atoms with E-state index in [1.54, 1.807) is 12.1 Å². The average molecular weight is 343 g/mol. The van der Waals surface area contributed by atoms with Gasteiger partial charge in [-0.1, -0.05) is 24.3 Å². The van der Waals surface area contributed by atoms with Crippen molar-refractivity contribution in [1.29, 1.82) is 5.26 Å². The van der Waals surface area contributed by atoms with E-state index in [0.29, 0.717) is 30.6 Å². The highest BCUT2D eigenvalue weighted by Crippen LogP contribution is 2.28. The Labute approximate surface area is 149 Å². The summed E-state index contributed by atoms with van der Waals surface area (Å²) in [6.07, 6.45) is 5.53. The molecule has 0 N–H and O–H groups in total. The molecule has 0 amide bonds. The van der Waals surface area contributed by atoms with Crippen molar-refractivity contribution in [3.05, 3.63) is 47.5 Å². The van der Waals surface area contributed by atoms with Gasteiger partial charge in [0.1, 0.15) is 0 Å². The van der Waals surface area contributed by atoms with Crippen molar-refractivity contribution in [2.75, 3.05) is 26.4 Å². The van der Waals surface area contributed by atoms with E-state index < -0.39 is 0 Å². The number of nitriles is 1. The van der Waals surface area contributed by atoms with Crippen molar-refractivity contribution < 1.29 is 18.9 Å². The number of allylic oxidation sites excluding steroid dienone is 1. The molecule has 0 spiro atoms. The largest absolute Gasteiger partial charge is 0.352 e. The molecule has 0 bridgehead atoms. The van der Waals surface area contributed by atoms with Crippen LogP contribution in [0.15, 0.2) is 36.4 Å². The summed E-state index contributed by atoms with van der Waals surface area (Å²) in [6.45, 7) is 4.80. The minimum atomic E-state index is -0.340. The number of hydrogen-bond acceptors (Lipinski definition) is 5. The van der Waals surface area contributed by atoms with Gasteiger partial charge in [0.05, 0.1) is 38.1 Å². The predicted molar refractivity (Wildman–Crippen MR) is 92.5 cm³/mol. The molecule has 1 aromatic rings. The van der Waals surface area contributed by atoms with Gasteiger partial charge in [0.15, 0.2) is 12.6 Å². The quantitative estimate of drug-likeness (QED) is 0.765. The molecule has 1 aromatic carbocycles. The third-order valence-electron chi connectivity index (χ3n) is 4.55. The highest BCUT2D eigenvalue weighted by atomic mass is 16.7. The monoisotopic (exact) mass is 343 g/mol. The average Bonchev–Trinajstić information content (AvgIpc) is 2.68. The third kappa shape index (κ3) is 5.13. The molecule has 2 saturated heterocycles. The van der Waals surface area contributed by atoms with Crippen LogP contribution in [0.4, 0.5) is 0 Å². The van der Waals surface area contributed by atoms with Crippen molar-refractivity contribution in [3.8, 4) is 6.07 Å². The van der Waals surface area contributed by atoms with Crippen LogP contribution in [0.3, 0.4) is 0 Å². The smallest absolute Gasteiger partial charge is 0.183 e. The first-order valence-corrected chi connectivity index (χ1v) is 8.87. The maximum Gasteiger partial charge on any atom is 0.183 e. The summed E-state index contributed by atoms with van der Waals surface area (Å²) in [5, 5.41) is 8.85. The molecule has 5 nitrogen and oxygen atoms in total. The summed E-state index contributed by atoms with van der Waals surface area (Å²) < 4.78 is 23.2. The maximum absolute atomic E-state index is 8.85. The minimum Gasteiger partial charge on any atom is -0.352 e. The molecule has 0 aliphatic carbocycles. The normalized spacial score (nSPS) is 30.2. The zero-order chi connectivity index (χ0) is 17.5. The van der Waals surface area contributed by atoms with Crippen molar-refractivity contribution >= 4 is 0 Å². The fourth-order valence-electron chi connectivity index (χ4n) is 3.10. The first-order chi connectivity index (χ1) is 12.3. The lowest BCUT2D eigenvalue weighted by molar-refractivity contribution is -0.217. The standard InChI is InChI=1S/C20H25NO4/c1-2-3-16-11-22-19(23-12-16)9-6-17-13-24-20(25-14-17)18-7-4-15(10-21)5-8-18/h2-5,7-8,16-17,19-20H,6,9,11-14H2,1H3. The van der Waals surface area contributed by atoms with Gasteiger partial charge in [-0.25, -0.2) is 0 Å². The first-order valence-electron chi connectivity index (χ1n) is 8.87. The SMILES string of the molecule is CC=CC1COC(CCC2COC(c3ccc(C#N)cc3)OC2)OC1. The van der Waals surface area contributed by atoms with Gasteiger partial charge in [0.2, 0.25) is 0 Å². The van der Waals surface area contributed by atoms with Crippen molar-refractivity contribution in [2.45, 2.75) is 32.3 Å². The summed E-state index contributed by atoms with van der Waals surface area (Å²) in [7, 11) is 0. The van der Waals surface area contributed by atoms with Gasteiger partial charge in [0.25, 0.3) is 0 Å². The summed E-state index contributed by atoms with van der Waals surface area (Å²) in [5.41, 5.74) is 1.59. The first kappa shape index (κ1) is 18.1. The van der Waals surface area contributed by atoms with E-state index >= 15 is 0 Å². The van der Waals surface area contributed by atoms with E-state index in [1.165, 1.54) is 0 Å². The van der Waals surface area contributed by atoms with Crippen LogP contribution < -0.4 is 0 Å². The third-order valence-corrected chi connectivity index (χ3v) is 4.55. The lowest BCUT2D eigenvalue weighted by atomic mass is 10.0. The van der Waals surface area contributed by atoms with Gasteiger partial charge < -0.3 is 18.9 Å². The van der Waals surface area contributed by atoms with Gasteiger partial charge in [-0.15, -0.1) is 0 Å². The van der Waals surface area contributed by atoms with E-state index in [-0.39, 0.29) is 12.6 Å². The Balaban J connectivity index is 1.37. The summed E-state index contributed by atoms with van der Waals surface area (Å²) in [4.78, 5) is 0. The van der Waals surface area contributed by atoms with Gasteiger partial charge >= 0.3 is 0 Å². The second kappa shape index (κ2) is 9.12. The highest BCUT2D eigenvalue weighted by molar-refractivity contribution is 5.32. The molecule has 5 heteroatoms. The number of rotatable bonds is 5. The molecule has 134 valence electrons. The Kier molecular flexibility index (Phi) is 6.60. The Morgan fingerprint density at radius 2 is 1.68 bits per heavy atom. The van der Waals surface area contributed by atoms with Crippen LogP contribution in [0.25, 0.3) is 0 Å². The Morgan fingerprint density at radius 1 is 1.00 bits per heavy atom. The molecule has 0 atom stereocenters.